The molecule has 0 unspecified atom stereocenters. The zero-order valence-electron chi connectivity index (χ0n) is 9.07. The Kier molecular flexibility index (Phi) is 2.45. The molecule has 2 N–H and O–H groups in total. The number of aromatic amines is 1. The maximum Gasteiger partial charge on any atom is 0.0912 e. The van der Waals surface area contributed by atoms with Gasteiger partial charge in [-0.3, -0.25) is 0 Å². The van der Waals surface area contributed by atoms with Crippen molar-refractivity contribution in [2.45, 2.75) is 18.4 Å². The van der Waals surface area contributed by atoms with Crippen molar-refractivity contribution >= 4 is 22.7 Å². The van der Waals surface area contributed by atoms with E-state index in [0.29, 0.717) is 0 Å². The first-order chi connectivity index (χ1) is 7.78. The van der Waals surface area contributed by atoms with Crippen LogP contribution in [0.1, 0.15) is 18.4 Å². The third kappa shape index (κ3) is 1.64. The van der Waals surface area contributed by atoms with Gasteiger partial charge in [0.15, 0.2) is 0 Å². The number of aromatic nitrogens is 1. The van der Waals surface area contributed by atoms with Crippen molar-refractivity contribution < 1.29 is 5.11 Å². The highest BCUT2D eigenvalue weighted by Crippen LogP contribution is 2.36. The lowest BCUT2D eigenvalue weighted by atomic mass is 9.87. The molecule has 1 aliphatic heterocycles. The van der Waals surface area contributed by atoms with Crippen LogP contribution in [-0.4, -0.2) is 21.6 Å². The van der Waals surface area contributed by atoms with Crippen molar-refractivity contribution in [3.63, 3.8) is 0 Å². The van der Waals surface area contributed by atoms with Gasteiger partial charge in [-0.25, -0.2) is 0 Å². The summed E-state index contributed by atoms with van der Waals surface area (Å²) in [5, 5.41) is 11.8. The Morgan fingerprint density at radius 3 is 2.81 bits per heavy atom. The van der Waals surface area contributed by atoms with E-state index in [0.717, 1.165) is 35.4 Å². The molecule has 84 valence electrons. The number of fused-ring (bicyclic) bond motifs is 1. The van der Waals surface area contributed by atoms with Crippen LogP contribution in [0.3, 0.4) is 0 Å². The molecule has 2 aromatic rings. The number of thioether (sulfide) groups is 1. The van der Waals surface area contributed by atoms with Crippen LogP contribution >= 0.6 is 11.8 Å². The van der Waals surface area contributed by atoms with Gasteiger partial charge in [-0.15, -0.1) is 0 Å². The van der Waals surface area contributed by atoms with Gasteiger partial charge in [-0.05, 0) is 53.5 Å². The highest BCUT2D eigenvalue weighted by Gasteiger charge is 2.31. The fourth-order valence-electron chi connectivity index (χ4n) is 2.34. The maximum atomic E-state index is 10.6. The summed E-state index contributed by atoms with van der Waals surface area (Å²) >= 11 is 1.93. The van der Waals surface area contributed by atoms with Gasteiger partial charge in [0.25, 0.3) is 0 Å². The number of nitrogens with one attached hydrogen (secondary N) is 1. The number of hydrogen-bond acceptors (Lipinski definition) is 2. The summed E-state index contributed by atoms with van der Waals surface area (Å²) < 4.78 is 0. The minimum Gasteiger partial charge on any atom is -0.385 e. The molecule has 16 heavy (non-hydrogen) atoms. The molecule has 2 nitrogen and oxygen atoms in total. The minimum absolute atomic E-state index is 0.600. The van der Waals surface area contributed by atoms with Crippen LogP contribution in [0.25, 0.3) is 10.9 Å². The highest BCUT2D eigenvalue weighted by molar-refractivity contribution is 7.99. The lowest BCUT2D eigenvalue weighted by molar-refractivity contribution is 0.0282. The van der Waals surface area contributed by atoms with Gasteiger partial charge in [0.2, 0.25) is 0 Å². The molecule has 0 bridgehead atoms. The van der Waals surface area contributed by atoms with Crippen molar-refractivity contribution in [1.82, 2.24) is 4.98 Å². The second-order valence-corrected chi connectivity index (χ2v) is 5.65. The van der Waals surface area contributed by atoms with E-state index in [2.05, 4.69) is 29.2 Å². The average molecular weight is 233 g/mol. The van der Waals surface area contributed by atoms with Crippen LogP contribution in [0.15, 0.2) is 30.5 Å². The van der Waals surface area contributed by atoms with Crippen LogP contribution in [0.4, 0.5) is 0 Å². The summed E-state index contributed by atoms with van der Waals surface area (Å²) in [5.74, 6) is 2.11. The van der Waals surface area contributed by atoms with Gasteiger partial charge in [-0.2, -0.15) is 11.8 Å². The molecule has 1 aromatic heterocycles. The normalized spacial score (nSPS) is 20.1. The van der Waals surface area contributed by atoms with Crippen LogP contribution < -0.4 is 0 Å². The summed E-state index contributed by atoms with van der Waals surface area (Å²) in [6.07, 6.45) is 3.68. The first kappa shape index (κ1) is 10.2. The molecule has 0 spiro atoms. The average Bonchev–Trinajstić information content (AvgIpc) is 2.77. The molecule has 1 saturated heterocycles. The van der Waals surface area contributed by atoms with E-state index in [1.54, 1.807) is 0 Å². The quantitative estimate of drug-likeness (QED) is 0.794. The molecule has 0 aliphatic carbocycles. The lowest BCUT2D eigenvalue weighted by Crippen LogP contribution is -2.30. The number of H-pyrrole nitrogens is 1. The first-order valence-corrected chi connectivity index (χ1v) is 6.81. The zero-order valence-corrected chi connectivity index (χ0v) is 9.89. The molecule has 0 atom stereocenters. The Morgan fingerprint density at radius 2 is 2.00 bits per heavy atom. The summed E-state index contributed by atoms with van der Waals surface area (Å²) in [4.78, 5) is 3.18. The fourth-order valence-corrected chi connectivity index (χ4v) is 3.51. The lowest BCUT2D eigenvalue weighted by Gasteiger charge is -2.32. The molecule has 3 rings (SSSR count). The molecule has 0 amide bonds. The van der Waals surface area contributed by atoms with Crippen LogP contribution in [0.5, 0.6) is 0 Å². The summed E-state index contributed by atoms with van der Waals surface area (Å²) in [5.41, 5.74) is 1.61. The largest absolute Gasteiger partial charge is 0.385 e. The van der Waals surface area contributed by atoms with Gasteiger partial charge in [0.05, 0.1) is 5.60 Å². The maximum absolute atomic E-state index is 10.6. The predicted molar refractivity (Wildman–Crippen MR) is 68.8 cm³/mol. The fraction of sp³-hybridized carbons (Fsp3) is 0.385. The van der Waals surface area contributed by atoms with E-state index in [1.165, 1.54) is 5.39 Å². The van der Waals surface area contributed by atoms with Crippen LogP contribution in [0, 0.1) is 0 Å². The van der Waals surface area contributed by atoms with Gasteiger partial charge in [0.1, 0.15) is 0 Å². The van der Waals surface area contributed by atoms with E-state index >= 15 is 0 Å². The Balaban J connectivity index is 2.03. The zero-order chi connectivity index (χ0) is 11.0. The molecule has 0 radical (unpaired) electrons. The van der Waals surface area contributed by atoms with Gasteiger partial charge in [-0.1, -0.05) is 6.07 Å². The van der Waals surface area contributed by atoms with Crippen molar-refractivity contribution in [2.75, 3.05) is 11.5 Å². The molecule has 1 aromatic carbocycles. The smallest absolute Gasteiger partial charge is 0.0912 e. The van der Waals surface area contributed by atoms with Gasteiger partial charge < -0.3 is 10.1 Å². The monoisotopic (exact) mass is 233 g/mol. The van der Waals surface area contributed by atoms with E-state index in [4.69, 9.17) is 0 Å². The number of aliphatic hydroxyl groups is 1. The van der Waals surface area contributed by atoms with Gasteiger partial charge in [0, 0.05) is 11.7 Å². The topological polar surface area (TPSA) is 36.0 Å². The second kappa shape index (κ2) is 3.82. The van der Waals surface area contributed by atoms with E-state index in [1.807, 2.05) is 18.0 Å². The van der Waals surface area contributed by atoms with Crippen molar-refractivity contribution in [3.05, 3.63) is 36.0 Å². The Bertz CT molecular complexity index is 499. The van der Waals surface area contributed by atoms with Crippen molar-refractivity contribution in [1.29, 1.82) is 0 Å². The predicted octanol–water partition coefficient (Wildman–Crippen LogP) is 2.88. The first-order valence-electron chi connectivity index (χ1n) is 5.66. The molecular formula is C13H15NOS. The summed E-state index contributed by atoms with van der Waals surface area (Å²) in [6, 6.07) is 8.28. The molecule has 3 heteroatoms. The highest BCUT2D eigenvalue weighted by atomic mass is 32.2. The van der Waals surface area contributed by atoms with Gasteiger partial charge >= 0.3 is 0 Å². The third-order valence-corrected chi connectivity index (χ3v) is 4.40. The molecular weight excluding hydrogens is 218 g/mol. The van der Waals surface area contributed by atoms with Crippen LogP contribution in [0.2, 0.25) is 0 Å². The molecule has 0 saturated carbocycles. The molecule has 1 fully saturated rings. The van der Waals surface area contributed by atoms with E-state index in [9.17, 15) is 5.11 Å². The third-order valence-electron chi connectivity index (χ3n) is 3.41. The number of hydrogen-bond donors (Lipinski definition) is 2. The Morgan fingerprint density at radius 1 is 1.19 bits per heavy atom. The Labute approximate surface area is 99.1 Å². The van der Waals surface area contributed by atoms with Crippen LogP contribution in [-0.2, 0) is 5.60 Å². The van der Waals surface area contributed by atoms with E-state index in [-0.39, 0.29) is 0 Å². The Hall–Kier alpha value is -0.930. The SMILES string of the molecule is OC1(c2ccc3[nH]ccc3c2)CCSCC1. The summed E-state index contributed by atoms with van der Waals surface area (Å²) in [7, 11) is 0. The molecule has 1 aliphatic rings. The molecule has 2 heterocycles. The van der Waals surface area contributed by atoms with Crippen molar-refractivity contribution in [2.24, 2.45) is 0 Å². The second-order valence-electron chi connectivity index (χ2n) is 4.42. The van der Waals surface area contributed by atoms with Crippen molar-refractivity contribution in [3.8, 4) is 0 Å². The number of rotatable bonds is 1. The number of benzene rings is 1. The minimum atomic E-state index is -0.600. The van der Waals surface area contributed by atoms with E-state index < -0.39 is 5.60 Å². The standard InChI is InChI=1S/C13H15NOS/c15-13(4-7-16-8-5-13)11-1-2-12-10(9-11)3-6-14-12/h1-3,6,9,14-15H,4-5,7-8H2. The summed E-state index contributed by atoms with van der Waals surface area (Å²) in [6.45, 7) is 0.